The highest BCUT2D eigenvalue weighted by atomic mass is 16.5. The second kappa shape index (κ2) is 4.28. The van der Waals surface area contributed by atoms with Crippen molar-refractivity contribution in [3.63, 3.8) is 0 Å². The van der Waals surface area contributed by atoms with E-state index in [1.165, 1.54) is 0 Å². The van der Waals surface area contributed by atoms with Crippen LogP contribution in [0, 0.1) is 0 Å². The Morgan fingerprint density at radius 1 is 1.47 bits per heavy atom. The van der Waals surface area contributed by atoms with Gasteiger partial charge in [0.25, 0.3) is 5.91 Å². The molecule has 1 aromatic carbocycles. The van der Waals surface area contributed by atoms with Crippen LogP contribution in [0.1, 0.15) is 27.2 Å². The Kier molecular flexibility index (Phi) is 2.96. The van der Waals surface area contributed by atoms with Crippen molar-refractivity contribution in [2.24, 2.45) is 0 Å². The van der Waals surface area contributed by atoms with Gasteiger partial charge in [0.05, 0.1) is 5.69 Å². The molecule has 4 heteroatoms. The van der Waals surface area contributed by atoms with Crippen molar-refractivity contribution in [2.75, 3.05) is 10.6 Å². The topological polar surface area (TPSA) is 55.6 Å². The first-order valence-electron chi connectivity index (χ1n) is 5.93. The number of ether oxygens (including phenoxy) is 1. The molecule has 92 valence electrons. The predicted molar refractivity (Wildman–Crippen MR) is 68.2 cm³/mol. The van der Waals surface area contributed by atoms with Crippen LogP contribution in [0.15, 0.2) is 18.2 Å². The molecule has 0 bridgehead atoms. The summed E-state index contributed by atoms with van der Waals surface area (Å²) < 4.78 is 5.68. The van der Waals surface area contributed by atoms with E-state index in [4.69, 9.17) is 10.5 Å². The molecular weight excluding hydrogens is 216 g/mol. The highest BCUT2D eigenvalue weighted by molar-refractivity contribution is 6.00. The Balaban J connectivity index is 2.50. The molecule has 1 amide bonds. The van der Waals surface area contributed by atoms with Gasteiger partial charge in [-0.05, 0) is 38.5 Å². The number of hydrogen-bond donors (Lipinski definition) is 1. The molecule has 0 saturated heterocycles. The third-order valence-corrected chi connectivity index (χ3v) is 2.91. The van der Waals surface area contributed by atoms with Gasteiger partial charge in [-0.25, -0.2) is 0 Å². The first-order valence-corrected chi connectivity index (χ1v) is 5.93. The third-order valence-electron chi connectivity index (χ3n) is 2.91. The van der Waals surface area contributed by atoms with Crippen LogP contribution in [0.5, 0.6) is 5.75 Å². The lowest BCUT2D eigenvalue weighted by Gasteiger charge is -2.36. The Hall–Kier alpha value is -1.71. The van der Waals surface area contributed by atoms with E-state index in [9.17, 15) is 4.79 Å². The van der Waals surface area contributed by atoms with Gasteiger partial charge in [-0.1, -0.05) is 6.92 Å². The number of carbonyl (C=O) groups excluding carboxylic acids is 1. The first-order chi connectivity index (χ1) is 8.04. The van der Waals surface area contributed by atoms with Crippen LogP contribution in [-0.2, 0) is 4.79 Å². The first kappa shape index (κ1) is 11.8. The SMILES string of the molecule is CCC1Oc2ccc(N)cc2N(C(C)C)C1=O. The summed E-state index contributed by atoms with van der Waals surface area (Å²) in [6.07, 6.45) is 0.291. The highest BCUT2D eigenvalue weighted by Crippen LogP contribution is 2.37. The standard InChI is InChI=1S/C13H18N2O2/c1-4-11-13(16)15(8(2)3)10-7-9(14)5-6-12(10)17-11/h5-8,11H,4,14H2,1-3H3. The zero-order valence-corrected chi connectivity index (χ0v) is 10.4. The number of rotatable bonds is 2. The smallest absolute Gasteiger partial charge is 0.268 e. The van der Waals surface area contributed by atoms with E-state index in [1.54, 1.807) is 17.0 Å². The summed E-state index contributed by atoms with van der Waals surface area (Å²) in [4.78, 5) is 14.0. The molecule has 17 heavy (non-hydrogen) atoms. The summed E-state index contributed by atoms with van der Waals surface area (Å²) in [6, 6.07) is 5.51. The van der Waals surface area contributed by atoms with Crippen molar-refractivity contribution in [3.8, 4) is 5.75 Å². The molecule has 1 unspecified atom stereocenters. The van der Waals surface area contributed by atoms with Crippen molar-refractivity contribution in [2.45, 2.75) is 39.3 Å². The minimum atomic E-state index is -0.381. The molecule has 2 N–H and O–H groups in total. The number of nitrogen functional groups attached to an aromatic ring is 1. The Bertz CT molecular complexity index is 443. The van der Waals surface area contributed by atoms with Gasteiger partial charge in [-0.3, -0.25) is 4.79 Å². The molecule has 0 radical (unpaired) electrons. The van der Waals surface area contributed by atoms with E-state index in [-0.39, 0.29) is 18.1 Å². The summed E-state index contributed by atoms with van der Waals surface area (Å²) >= 11 is 0. The third kappa shape index (κ3) is 1.95. The summed E-state index contributed by atoms with van der Waals surface area (Å²) in [6.45, 7) is 5.93. The molecule has 0 aromatic heterocycles. The van der Waals surface area contributed by atoms with Gasteiger partial charge >= 0.3 is 0 Å². The van der Waals surface area contributed by atoms with E-state index in [0.29, 0.717) is 12.1 Å². The van der Waals surface area contributed by atoms with Crippen LogP contribution in [0.2, 0.25) is 0 Å². The molecule has 1 atom stereocenters. The molecule has 2 rings (SSSR count). The van der Waals surface area contributed by atoms with Crippen LogP contribution in [-0.4, -0.2) is 18.1 Å². The Morgan fingerprint density at radius 2 is 2.18 bits per heavy atom. The van der Waals surface area contributed by atoms with Gasteiger partial charge in [0.15, 0.2) is 6.10 Å². The number of nitrogens with zero attached hydrogens (tertiary/aromatic N) is 1. The summed E-state index contributed by atoms with van der Waals surface area (Å²) in [5.74, 6) is 0.750. The highest BCUT2D eigenvalue weighted by Gasteiger charge is 2.34. The molecule has 1 aromatic rings. The fourth-order valence-corrected chi connectivity index (χ4v) is 2.09. The lowest BCUT2D eigenvalue weighted by atomic mass is 10.1. The lowest BCUT2D eigenvalue weighted by molar-refractivity contribution is -0.126. The number of carbonyl (C=O) groups is 1. The van der Waals surface area contributed by atoms with Crippen LogP contribution >= 0.6 is 0 Å². The number of benzene rings is 1. The zero-order chi connectivity index (χ0) is 12.6. The summed E-state index contributed by atoms with van der Waals surface area (Å²) in [5.41, 5.74) is 7.18. The molecule has 1 heterocycles. The molecule has 0 fully saturated rings. The van der Waals surface area contributed by atoms with Crippen molar-refractivity contribution in [3.05, 3.63) is 18.2 Å². The van der Waals surface area contributed by atoms with E-state index in [0.717, 1.165) is 11.4 Å². The van der Waals surface area contributed by atoms with Crippen molar-refractivity contribution in [1.29, 1.82) is 0 Å². The molecule has 0 saturated carbocycles. The normalized spacial score (nSPS) is 19.2. The predicted octanol–water partition coefficient (Wildman–Crippen LogP) is 2.18. The lowest BCUT2D eigenvalue weighted by Crippen LogP contribution is -2.48. The maximum Gasteiger partial charge on any atom is 0.268 e. The average Bonchev–Trinajstić information content (AvgIpc) is 2.27. The number of anilines is 2. The number of fused-ring (bicyclic) bond motifs is 1. The average molecular weight is 234 g/mol. The minimum absolute atomic E-state index is 0.0144. The minimum Gasteiger partial charge on any atom is -0.478 e. The maximum absolute atomic E-state index is 12.2. The van der Waals surface area contributed by atoms with Crippen LogP contribution in [0.25, 0.3) is 0 Å². The molecule has 0 spiro atoms. The molecular formula is C13H18N2O2. The quantitative estimate of drug-likeness (QED) is 0.798. The van der Waals surface area contributed by atoms with E-state index in [2.05, 4.69) is 0 Å². The Labute approximate surface area is 101 Å². The van der Waals surface area contributed by atoms with E-state index >= 15 is 0 Å². The van der Waals surface area contributed by atoms with Gasteiger partial charge in [0.2, 0.25) is 0 Å². The summed E-state index contributed by atoms with van der Waals surface area (Å²) in [7, 11) is 0. The second-order valence-corrected chi connectivity index (χ2v) is 4.54. The van der Waals surface area contributed by atoms with Crippen LogP contribution in [0.4, 0.5) is 11.4 Å². The van der Waals surface area contributed by atoms with Gasteiger partial charge in [-0.15, -0.1) is 0 Å². The molecule has 0 aliphatic carbocycles. The van der Waals surface area contributed by atoms with Crippen LogP contribution < -0.4 is 15.4 Å². The van der Waals surface area contributed by atoms with Crippen molar-refractivity contribution >= 4 is 17.3 Å². The van der Waals surface area contributed by atoms with Crippen molar-refractivity contribution < 1.29 is 9.53 Å². The van der Waals surface area contributed by atoms with Gasteiger partial charge in [-0.2, -0.15) is 0 Å². The number of nitrogens with two attached hydrogens (primary N) is 1. The number of hydrogen-bond acceptors (Lipinski definition) is 3. The van der Waals surface area contributed by atoms with E-state index in [1.807, 2.05) is 26.8 Å². The summed E-state index contributed by atoms with van der Waals surface area (Å²) in [5, 5.41) is 0. The second-order valence-electron chi connectivity index (χ2n) is 4.54. The van der Waals surface area contributed by atoms with Gasteiger partial charge in [0, 0.05) is 11.7 Å². The van der Waals surface area contributed by atoms with Crippen molar-refractivity contribution in [1.82, 2.24) is 0 Å². The zero-order valence-electron chi connectivity index (χ0n) is 10.4. The molecule has 1 aliphatic rings. The molecule has 1 aliphatic heterocycles. The fourth-order valence-electron chi connectivity index (χ4n) is 2.09. The largest absolute Gasteiger partial charge is 0.478 e. The van der Waals surface area contributed by atoms with Gasteiger partial charge < -0.3 is 15.4 Å². The van der Waals surface area contributed by atoms with E-state index < -0.39 is 0 Å². The monoisotopic (exact) mass is 234 g/mol. The van der Waals surface area contributed by atoms with Crippen LogP contribution in [0.3, 0.4) is 0 Å². The Morgan fingerprint density at radius 3 is 2.76 bits per heavy atom. The number of amides is 1. The fraction of sp³-hybridized carbons (Fsp3) is 0.462. The van der Waals surface area contributed by atoms with Gasteiger partial charge in [0.1, 0.15) is 5.75 Å². The maximum atomic E-state index is 12.2. The molecule has 4 nitrogen and oxygen atoms in total.